The summed E-state index contributed by atoms with van der Waals surface area (Å²) in [7, 11) is 1.22. The summed E-state index contributed by atoms with van der Waals surface area (Å²) >= 11 is 0. The minimum atomic E-state index is -0.996. The number of amides is 3. The van der Waals surface area contributed by atoms with Crippen LogP contribution in [-0.2, 0) is 14.3 Å². The SMILES string of the molecule is CC[C@H](C)[C@@H](C(=O)N[C@@H](C)C(=O)OC)N1C(=O)c2ccccc2C1=O. The van der Waals surface area contributed by atoms with Crippen LogP contribution >= 0.6 is 0 Å². The van der Waals surface area contributed by atoms with Crippen LogP contribution < -0.4 is 5.32 Å². The van der Waals surface area contributed by atoms with Gasteiger partial charge in [-0.15, -0.1) is 0 Å². The Bertz CT molecular complexity index is 680. The van der Waals surface area contributed by atoms with E-state index in [0.717, 1.165) is 4.90 Å². The predicted octanol–water partition coefficient (Wildman–Crippen LogP) is 1.37. The maximum absolute atomic E-state index is 12.7. The van der Waals surface area contributed by atoms with Crippen LogP contribution in [0.3, 0.4) is 0 Å². The number of rotatable bonds is 6. The Morgan fingerprint density at radius 2 is 1.64 bits per heavy atom. The third-order valence-electron chi connectivity index (χ3n) is 4.47. The zero-order chi connectivity index (χ0) is 18.7. The smallest absolute Gasteiger partial charge is 0.328 e. The lowest BCUT2D eigenvalue weighted by Crippen LogP contribution is -2.55. The van der Waals surface area contributed by atoms with Gasteiger partial charge in [-0.05, 0) is 25.0 Å². The molecule has 3 atom stereocenters. The van der Waals surface area contributed by atoms with Crippen molar-refractivity contribution in [3.63, 3.8) is 0 Å². The molecule has 0 saturated heterocycles. The zero-order valence-electron chi connectivity index (χ0n) is 14.7. The van der Waals surface area contributed by atoms with Gasteiger partial charge in [0.2, 0.25) is 5.91 Å². The minimum absolute atomic E-state index is 0.271. The number of esters is 1. The van der Waals surface area contributed by atoms with Gasteiger partial charge < -0.3 is 10.1 Å². The Morgan fingerprint density at radius 1 is 1.12 bits per heavy atom. The van der Waals surface area contributed by atoms with Crippen LogP contribution in [0.25, 0.3) is 0 Å². The number of carbonyl (C=O) groups excluding carboxylic acids is 4. The highest BCUT2D eigenvalue weighted by Gasteiger charge is 2.44. The number of nitrogens with zero attached hydrogens (tertiary/aromatic N) is 1. The first-order chi connectivity index (χ1) is 11.8. The molecule has 1 aromatic rings. The van der Waals surface area contributed by atoms with Crippen LogP contribution in [-0.4, -0.2) is 47.8 Å². The Labute approximate surface area is 146 Å². The lowest BCUT2D eigenvalue weighted by molar-refractivity contribution is -0.145. The molecule has 0 spiro atoms. The van der Waals surface area contributed by atoms with Gasteiger partial charge in [-0.25, -0.2) is 4.79 Å². The monoisotopic (exact) mass is 346 g/mol. The number of nitrogens with one attached hydrogen (secondary N) is 1. The van der Waals surface area contributed by atoms with Crippen LogP contribution in [0.5, 0.6) is 0 Å². The molecule has 0 saturated carbocycles. The van der Waals surface area contributed by atoms with Gasteiger partial charge in [0.1, 0.15) is 12.1 Å². The second kappa shape index (κ2) is 7.46. The maximum Gasteiger partial charge on any atom is 0.328 e. The van der Waals surface area contributed by atoms with Crippen molar-refractivity contribution in [2.24, 2.45) is 5.92 Å². The van der Waals surface area contributed by atoms with Gasteiger partial charge in [0.05, 0.1) is 18.2 Å². The van der Waals surface area contributed by atoms with Crippen molar-refractivity contribution in [3.8, 4) is 0 Å². The Balaban J connectivity index is 2.33. The summed E-state index contributed by atoms with van der Waals surface area (Å²) in [5, 5.41) is 2.53. The fraction of sp³-hybridized carbons (Fsp3) is 0.444. The van der Waals surface area contributed by atoms with Crippen molar-refractivity contribution in [1.29, 1.82) is 0 Å². The van der Waals surface area contributed by atoms with Gasteiger partial charge in [0, 0.05) is 0 Å². The molecule has 0 radical (unpaired) electrons. The van der Waals surface area contributed by atoms with Crippen LogP contribution in [0.1, 0.15) is 47.9 Å². The standard InChI is InChI=1S/C18H22N2O5/c1-5-10(2)14(15(21)19-11(3)18(24)25-4)20-16(22)12-8-6-7-9-13(12)17(20)23/h6-11,14H,5H2,1-4H3,(H,19,21)/t10-,11-,14-/m0/s1. The fourth-order valence-electron chi connectivity index (χ4n) is 2.85. The number of fused-ring (bicyclic) bond motifs is 1. The maximum atomic E-state index is 12.7. The van der Waals surface area contributed by atoms with E-state index in [4.69, 9.17) is 0 Å². The molecule has 0 unspecified atom stereocenters. The largest absolute Gasteiger partial charge is 0.467 e. The van der Waals surface area contributed by atoms with Crippen LogP contribution in [0.2, 0.25) is 0 Å². The van der Waals surface area contributed by atoms with Gasteiger partial charge in [-0.3, -0.25) is 19.3 Å². The topological polar surface area (TPSA) is 92.8 Å². The van der Waals surface area contributed by atoms with E-state index in [1.807, 2.05) is 6.92 Å². The van der Waals surface area contributed by atoms with E-state index in [-0.39, 0.29) is 17.0 Å². The number of hydrogen-bond donors (Lipinski definition) is 1. The van der Waals surface area contributed by atoms with Crippen molar-refractivity contribution in [3.05, 3.63) is 35.4 Å². The normalized spacial score (nSPS) is 16.9. The van der Waals surface area contributed by atoms with Gasteiger partial charge in [-0.2, -0.15) is 0 Å². The number of carbonyl (C=O) groups is 4. The molecule has 134 valence electrons. The number of hydrogen-bond acceptors (Lipinski definition) is 5. The highest BCUT2D eigenvalue weighted by molar-refractivity contribution is 6.22. The molecule has 1 aromatic carbocycles. The molecule has 1 aliphatic rings. The van der Waals surface area contributed by atoms with E-state index in [1.54, 1.807) is 31.2 Å². The molecule has 7 heteroatoms. The van der Waals surface area contributed by atoms with Crippen molar-refractivity contribution in [2.75, 3.05) is 7.11 Å². The number of methoxy groups -OCH3 is 1. The van der Waals surface area contributed by atoms with Gasteiger partial charge in [0.25, 0.3) is 11.8 Å². The molecule has 7 nitrogen and oxygen atoms in total. The first-order valence-corrected chi connectivity index (χ1v) is 8.18. The molecule has 3 amide bonds. The van der Waals surface area contributed by atoms with E-state index in [2.05, 4.69) is 10.1 Å². The number of ether oxygens (including phenoxy) is 1. The molecule has 25 heavy (non-hydrogen) atoms. The molecule has 1 aliphatic heterocycles. The van der Waals surface area contributed by atoms with Gasteiger partial charge >= 0.3 is 5.97 Å². The highest BCUT2D eigenvalue weighted by Crippen LogP contribution is 2.28. The first kappa shape index (κ1) is 18.6. The summed E-state index contributed by atoms with van der Waals surface area (Å²) in [6.45, 7) is 5.14. The summed E-state index contributed by atoms with van der Waals surface area (Å²) in [5.74, 6) is -2.41. The van der Waals surface area contributed by atoms with E-state index < -0.39 is 35.8 Å². The molecule has 0 fully saturated rings. The predicted molar refractivity (Wildman–Crippen MR) is 89.8 cm³/mol. The summed E-state index contributed by atoms with van der Waals surface area (Å²) in [6.07, 6.45) is 0.581. The van der Waals surface area contributed by atoms with Crippen LogP contribution in [0.4, 0.5) is 0 Å². The second-order valence-electron chi connectivity index (χ2n) is 6.11. The van der Waals surface area contributed by atoms with E-state index >= 15 is 0 Å². The molecule has 0 bridgehead atoms. The Kier molecular flexibility index (Phi) is 5.56. The second-order valence-corrected chi connectivity index (χ2v) is 6.11. The number of benzene rings is 1. The average Bonchev–Trinajstić information content (AvgIpc) is 2.86. The first-order valence-electron chi connectivity index (χ1n) is 8.18. The van der Waals surface area contributed by atoms with Crippen molar-refractivity contribution in [2.45, 2.75) is 39.3 Å². The quantitative estimate of drug-likeness (QED) is 0.620. The van der Waals surface area contributed by atoms with E-state index in [9.17, 15) is 19.2 Å². The lowest BCUT2D eigenvalue weighted by atomic mass is 9.96. The number of imide groups is 1. The summed E-state index contributed by atoms with van der Waals surface area (Å²) in [4.78, 5) is 50.7. The van der Waals surface area contributed by atoms with Crippen LogP contribution in [0.15, 0.2) is 24.3 Å². The Morgan fingerprint density at radius 3 is 2.08 bits per heavy atom. The summed E-state index contributed by atoms with van der Waals surface area (Å²) < 4.78 is 4.60. The minimum Gasteiger partial charge on any atom is -0.467 e. The molecular formula is C18H22N2O5. The molecule has 0 aliphatic carbocycles. The summed E-state index contributed by atoms with van der Waals surface area (Å²) in [5.41, 5.74) is 0.573. The van der Waals surface area contributed by atoms with E-state index in [0.29, 0.717) is 6.42 Å². The third kappa shape index (κ3) is 3.40. The summed E-state index contributed by atoms with van der Waals surface area (Å²) in [6, 6.07) is 4.61. The van der Waals surface area contributed by atoms with E-state index in [1.165, 1.54) is 14.0 Å². The molecular weight excluding hydrogens is 324 g/mol. The average molecular weight is 346 g/mol. The molecule has 1 N–H and O–H groups in total. The zero-order valence-corrected chi connectivity index (χ0v) is 14.7. The van der Waals surface area contributed by atoms with Crippen molar-refractivity contribution in [1.82, 2.24) is 10.2 Å². The highest BCUT2D eigenvalue weighted by atomic mass is 16.5. The third-order valence-corrected chi connectivity index (χ3v) is 4.47. The van der Waals surface area contributed by atoms with Gasteiger partial charge in [0.15, 0.2) is 0 Å². The fourth-order valence-corrected chi connectivity index (χ4v) is 2.85. The van der Waals surface area contributed by atoms with Crippen molar-refractivity contribution < 1.29 is 23.9 Å². The molecule has 2 rings (SSSR count). The van der Waals surface area contributed by atoms with Gasteiger partial charge in [-0.1, -0.05) is 32.4 Å². The van der Waals surface area contributed by atoms with Crippen molar-refractivity contribution >= 4 is 23.7 Å². The lowest BCUT2D eigenvalue weighted by Gasteiger charge is -2.30. The Hall–Kier alpha value is -2.70. The van der Waals surface area contributed by atoms with Crippen LogP contribution in [0, 0.1) is 5.92 Å². The molecule has 1 heterocycles. The molecule has 0 aromatic heterocycles.